The summed E-state index contributed by atoms with van der Waals surface area (Å²) in [6.07, 6.45) is 1.40. The summed E-state index contributed by atoms with van der Waals surface area (Å²) in [6, 6.07) is 25.1. The Kier molecular flexibility index (Phi) is 7.74. The Morgan fingerprint density at radius 3 is 2.51 bits per heavy atom. The van der Waals surface area contributed by atoms with Crippen molar-refractivity contribution in [3.05, 3.63) is 101 Å². The minimum atomic E-state index is -0.530. The summed E-state index contributed by atoms with van der Waals surface area (Å²) in [5.74, 6) is 0.581. The molecule has 8 heteroatoms. The van der Waals surface area contributed by atoms with Gasteiger partial charge in [0.2, 0.25) is 0 Å². The van der Waals surface area contributed by atoms with Gasteiger partial charge in [0.15, 0.2) is 6.61 Å². The topological polar surface area (TPSA) is 86.2 Å². The normalized spacial score (nSPS) is 10.8. The fourth-order valence-corrected chi connectivity index (χ4v) is 3.65. The standard InChI is InChI=1S/C27H21BrN2O5/c1-33-22-12-9-19(10-13-22)27(32)35-24-14-11-21(28)15-20(24)16-29-30-26(31)17-34-25-8-4-6-18-5-2-3-7-23(18)25/h2-16H,17H2,1H3,(H,30,31)/b29-16+. The van der Waals surface area contributed by atoms with E-state index in [1.807, 2.05) is 42.5 Å². The molecule has 0 bridgehead atoms. The molecule has 0 fully saturated rings. The molecule has 176 valence electrons. The number of benzene rings is 4. The van der Waals surface area contributed by atoms with Crippen LogP contribution in [0.3, 0.4) is 0 Å². The lowest BCUT2D eigenvalue weighted by atomic mass is 10.1. The smallest absolute Gasteiger partial charge is 0.343 e. The van der Waals surface area contributed by atoms with Gasteiger partial charge in [0, 0.05) is 15.4 Å². The van der Waals surface area contributed by atoms with Gasteiger partial charge in [-0.2, -0.15) is 5.10 Å². The summed E-state index contributed by atoms with van der Waals surface area (Å²) in [5, 5.41) is 5.93. The predicted octanol–water partition coefficient (Wildman–Crippen LogP) is 5.36. The molecule has 7 nitrogen and oxygen atoms in total. The molecule has 0 aliphatic rings. The van der Waals surface area contributed by atoms with Crippen LogP contribution in [-0.2, 0) is 4.79 Å². The van der Waals surface area contributed by atoms with Crippen LogP contribution in [-0.4, -0.2) is 31.8 Å². The molecule has 0 heterocycles. The van der Waals surface area contributed by atoms with Gasteiger partial charge >= 0.3 is 5.97 Å². The number of rotatable bonds is 8. The number of esters is 1. The van der Waals surface area contributed by atoms with Crippen molar-refractivity contribution >= 4 is 44.8 Å². The fraction of sp³-hybridized carbons (Fsp3) is 0.0741. The molecular formula is C27H21BrN2O5. The van der Waals surface area contributed by atoms with Crippen LogP contribution < -0.4 is 19.6 Å². The monoisotopic (exact) mass is 532 g/mol. The predicted molar refractivity (Wildman–Crippen MR) is 137 cm³/mol. The molecule has 1 N–H and O–H groups in total. The first-order valence-electron chi connectivity index (χ1n) is 10.6. The van der Waals surface area contributed by atoms with Gasteiger partial charge in [0.05, 0.1) is 18.9 Å². The van der Waals surface area contributed by atoms with Crippen molar-refractivity contribution in [2.24, 2.45) is 5.10 Å². The Balaban J connectivity index is 1.38. The highest BCUT2D eigenvalue weighted by Gasteiger charge is 2.12. The summed E-state index contributed by atoms with van der Waals surface area (Å²) in [5.41, 5.74) is 3.30. The molecule has 0 saturated carbocycles. The second-order valence-corrected chi connectivity index (χ2v) is 8.27. The molecule has 0 radical (unpaired) electrons. The summed E-state index contributed by atoms with van der Waals surface area (Å²) in [4.78, 5) is 24.8. The molecule has 1 amide bonds. The van der Waals surface area contributed by atoms with Gasteiger partial charge in [-0.05, 0) is 53.9 Å². The van der Waals surface area contributed by atoms with Crippen LogP contribution in [0.4, 0.5) is 0 Å². The maximum atomic E-state index is 12.5. The number of nitrogens with one attached hydrogen (secondary N) is 1. The van der Waals surface area contributed by atoms with E-state index in [9.17, 15) is 9.59 Å². The zero-order chi connectivity index (χ0) is 24.6. The van der Waals surface area contributed by atoms with E-state index in [4.69, 9.17) is 14.2 Å². The van der Waals surface area contributed by atoms with Crippen LogP contribution in [0.25, 0.3) is 10.8 Å². The fourth-order valence-electron chi connectivity index (χ4n) is 3.27. The SMILES string of the molecule is COc1ccc(C(=O)Oc2ccc(Br)cc2/C=N/NC(=O)COc2cccc3ccccc23)cc1. The first-order valence-corrected chi connectivity index (χ1v) is 11.4. The van der Waals surface area contributed by atoms with Crippen LogP contribution in [0.15, 0.2) is 94.5 Å². The lowest BCUT2D eigenvalue weighted by Gasteiger charge is -2.09. The van der Waals surface area contributed by atoms with Crippen LogP contribution in [0, 0.1) is 0 Å². The zero-order valence-electron chi connectivity index (χ0n) is 18.7. The van der Waals surface area contributed by atoms with Gasteiger partial charge in [0.25, 0.3) is 5.91 Å². The van der Waals surface area contributed by atoms with Crippen LogP contribution in [0.5, 0.6) is 17.2 Å². The number of hydrogen-bond acceptors (Lipinski definition) is 6. The van der Waals surface area contributed by atoms with E-state index in [1.54, 1.807) is 49.6 Å². The van der Waals surface area contributed by atoms with Crippen LogP contribution >= 0.6 is 15.9 Å². The quantitative estimate of drug-likeness (QED) is 0.143. The Labute approximate surface area is 210 Å². The minimum Gasteiger partial charge on any atom is -0.497 e. The average Bonchev–Trinajstić information content (AvgIpc) is 2.89. The molecule has 0 aromatic heterocycles. The highest BCUT2D eigenvalue weighted by atomic mass is 79.9. The Morgan fingerprint density at radius 1 is 0.943 bits per heavy atom. The highest BCUT2D eigenvalue weighted by Crippen LogP contribution is 2.25. The molecule has 0 spiro atoms. The number of methoxy groups -OCH3 is 1. The summed E-state index contributed by atoms with van der Waals surface area (Å²) >= 11 is 3.39. The number of amides is 1. The maximum absolute atomic E-state index is 12.5. The number of carbonyl (C=O) groups is 2. The minimum absolute atomic E-state index is 0.205. The first-order chi connectivity index (χ1) is 17.0. The first kappa shape index (κ1) is 24.0. The Hall–Kier alpha value is -4.17. The van der Waals surface area contributed by atoms with E-state index < -0.39 is 11.9 Å². The zero-order valence-corrected chi connectivity index (χ0v) is 20.3. The Morgan fingerprint density at radius 2 is 1.71 bits per heavy atom. The van der Waals surface area contributed by atoms with Crippen LogP contribution in [0.2, 0.25) is 0 Å². The number of nitrogens with zero attached hydrogens (tertiary/aromatic N) is 1. The largest absolute Gasteiger partial charge is 0.497 e. The molecule has 0 atom stereocenters. The van der Waals surface area contributed by atoms with E-state index in [0.29, 0.717) is 28.4 Å². The highest BCUT2D eigenvalue weighted by molar-refractivity contribution is 9.10. The third-order valence-corrected chi connectivity index (χ3v) is 5.49. The lowest BCUT2D eigenvalue weighted by Crippen LogP contribution is -2.24. The maximum Gasteiger partial charge on any atom is 0.343 e. The summed E-state index contributed by atoms with van der Waals surface area (Å²) in [6.45, 7) is -0.205. The molecule has 0 saturated heterocycles. The molecule has 0 aliphatic heterocycles. The van der Waals surface area contributed by atoms with E-state index in [1.165, 1.54) is 6.21 Å². The molecule has 0 unspecified atom stereocenters. The van der Waals surface area contributed by atoms with Crippen molar-refractivity contribution in [1.29, 1.82) is 0 Å². The third kappa shape index (κ3) is 6.24. The van der Waals surface area contributed by atoms with E-state index in [2.05, 4.69) is 26.5 Å². The van der Waals surface area contributed by atoms with Gasteiger partial charge in [-0.15, -0.1) is 0 Å². The van der Waals surface area contributed by atoms with Crippen molar-refractivity contribution in [2.75, 3.05) is 13.7 Å². The number of fused-ring (bicyclic) bond motifs is 1. The molecule has 0 aliphatic carbocycles. The molecular weight excluding hydrogens is 512 g/mol. The Bertz CT molecular complexity index is 1380. The number of halogens is 1. The van der Waals surface area contributed by atoms with Gasteiger partial charge in [-0.25, -0.2) is 10.2 Å². The molecule has 4 aromatic rings. The van der Waals surface area contributed by atoms with Crippen LogP contribution in [0.1, 0.15) is 15.9 Å². The number of hydrazone groups is 1. The van der Waals surface area contributed by atoms with Crippen molar-refractivity contribution in [1.82, 2.24) is 5.43 Å². The van der Waals surface area contributed by atoms with E-state index >= 15 is 0 Å². The van der Waals surface area contributed by atoms with E-state index in [-0.39, 0.29) is 6.61 Å². The number of ether oxygens (including phenoxy) is 3. The van der Waals surface area contributed by atoms with Crippen molar-refractivity contribution < 1.29 is 23.8 Å². The lowest BCUT2D eigenvalue weighted by molar-refractivity contribution is -0.123. The molecule has 4 aromatic carbocycles. The summed E-state index contributed by atoms with van der Waals surface area (Å²) < 4.78 is 17.1. The number of hydrogen-bond donors (Lipinski definition) is 1. The van der Waals surface area contributed by atoms with E-state index in [0.717, 1.165) is 15.2 Å². The van der Waals surface area contributed by atoms with Crippen molar-refractivity contribution in [2.45, 2.75) is 0 Å². The van der Waals surface area contributed by atoms with Crippen molar-refractivity contribution in [3.8, 4) is 17.2 Å². The van der Waals surface area contributed by atoms with Gasteiger partial charge < -0.3 is 14.2 Å². The van der Waals surface area contributed by atoms with Gasteiger partial charge in [-0.3, -0.25) is 4.79 Å². The number of carbonyl (C=O) groups excluding carboxylic acids is 2. The second kappa shape index (κ2) is 11.3. The third-order valence-electron chi connectivity index (χ3n) is 5.00. The molecule has 4 rings (SSSR count). The van der Waals surface area contributed by atoms with Gasteiger partial charge in [-0.1, -0.05) is 52.3 Å². The molecule has 35 heavy (non-hydrogen) atoms. The summed E-state index contributed by atoms with van der Waals surface area (Å²) in [7, 11) is 1.55. The van der Waals surface area contributed by atoms with Gasteiger partial charge in [0.1, 0.15) is 17.2 Å². The second-order valence-electron chi connectivity index (χ2n) is 7.36. The van der Waals surface area contributed by atoms with Crippen molar-refractivity contribution in [3.63, 3.8) is 0 Å². The average molecular weight is 533 g/mol.